The van der Waals surface area contributed by atoms with Crippen LogP contribution in [0.3, 0.4) is 0 Å². The number of carbonyl (C=O) groups excluding carboxylic acids is 1. The number of carbonyl (C=O) groups is 1. The zero-order chi connectivity index (χ0) is 13.7. The van der Waals surface area contributed by atoms with Crippen LogP contribution in [0.25, 0.3) is 0 Å². The average molecular weight is 252 g/mol. The van der Waals surface area contributed by atoms with E-state index in [-0.39, 0.29) is 11.9 Å². The summed E-state index contributed by atoms with van der Waals surface area (Å²) in [6.45, 7) is 10.1. The second-order valence-corrected chi connectivity index (χ2v) is 5.42. The molecule has 0 aliphatic heterocycles. The van der Waals surface area contributed by atoms with Gasteiger partial charge in [-0.15, -0.1) is 0 Å². The molecular weight excluding hydrogens is 228 g/mol. The van der Waals surface area contributed by atoms with E-state index in [1.54, 1.807) is 0 Å². The van der Waals surface area contributed by atoms with Crippen molar-refractivity contribution in [3.05, 3.63) is 17.0 Å². The predicted molar refractivity (Wildman–Crippen MR) is 71.4 cm³/mol. The first-order chi connectivity index (χ1) is 8.40. The van der Waals surface area contributed by atoms with E-state index in [9.17, 15) is 4.79 Å². The van der Waals surface area contributed by atoms with Gasteiger partial charge in [-0.05, 0) is 39.5 Å². The molecule has 4 heteroatoms. The van der Waals surface area contributed by atoms with Gasteiger partial charge in [-0.1, -0.05) is 19.0 Å². The molecule has 1 rings (SSSR count). The van der Waals surface area contributed by atoms with Crippen molar-refractivity contribution in [2.45, 2.75) is 59.9 Å². The van der Waals surface area contributed by atoms with Crippen LogP contribution in [0.4, 0.5) is 0 Å². The van der Waals surface area contributed by atoms with Gasteiger partial charge >= 0.3 is 0 Å². The van der Waals surface area contributed by atoms with Crippen LogP contribution in [0.5, 0.6) is 0 Å². The van der Waals surface area contributed by atoms with E-state index in [4.69, 9.17) is 4.52 Å². The summed E-state index contributed by atoms with van der Waals surface area (Å²) in [6, 6.07) is 0.223. The third-order valence-corrected chi connectivity index (χ3v) is 3.10. The summed E-state index contributed by atoms with van der Waals surface area (Å²) < 4.78 is 5.05. The van der Waals surface area contributed by atoms with Gasteiger partial charge in [0.05, 0.1) is 12.1 Å². The van der Waals surface area contributed by atoms with Gasteiger partial charge in [-0.25, -0.2) is 0 Å². The van der Waals surface area contributed by atoms with Gasteiger partial charge < -0.3 is 9.84 Å². The molecule has 1 aromatic rings. The van der Waals surface area contributed by atoms with Crippen molar-refractivity contribution in [1.29, 1.82) is 0 Å². The molecule has 4 nitrogen and oxygen atoms in total. The fraction of sp³-hybridized carbons (Fsp3) is 0.714. The fourth-order valence-electron chi connectivity index (χ4n) is 1.90. The van der Waals surface area contributed by atoms with Gasteiger partial charge in [0, 0.05) is 11.6 Å². The van der Waals surface area contributed by atoms with E-state index in [0.29, 0.717) is 12.3 Å². The average Bonchev–Trinajstić information content (AvgIpc) is 2.58. The Labute approximate surface area is 109 Å². The third-order valence-electron chi connectivity index (χ3n) is 3.10. The van der Waals surface area contributed by atoms with E-state index < -0.39 is 0 Å². The van der Waals surface area contributed by atoms with Gasteiger partial charge in [0.15, 0.2) is 0 Å². The third kappa shape index (κ3) is 4.51. The van der Waals surface area contributed by atoms with Gasteiger partial charge in [0.2, 0.25) is 5.91 Å². The zero-order valence-corrected chi connectivity index (χ0v) is 12.0. The van der Waals surface area contributed by atoms with Crippen LogP contribution < -0.4 is 5.32 Å². The monoisotopic (exact) mass is 252 g/mol. The highest BCUT2D eigenvalue weighted by atomic mass is 16.5. The molecular formula is C14H24N2O2. The van der Waals surface area contributed by atoms with Gasteiger partial charge in [0.25, 0.3) is 0 Å². The van der Waals surface area contributed by atoms with Gasteiger partial charge in [-0.2, -0.15) is 0 Å². The van der Waals surface area contributed by atoms with E-state index in [0.717, 1.165) is 29.9 Å². The summed E-state index contributed by atoms with van der Waals surface area (Å²) >= 11 is 0. The number of nitrogens with one attached hydrogen (secondary N) is 1. The first-order valence-electron chi connectivity index (χ1n) is 6.61. The minimum atomic E-state index is 0.0423. The Hall–Kier alpha value is -1.32. The molecule has 102 valence electrons. The Kier molecular flexibility index (Phi) is 5.38. The topological polar surface area (TPSA) is 55.1 Å². The highest BCUT2D eigenvalue weighted by Gasteiger charge is 2.14. The maximum atomic E-state index is 11.9. The number of rotatable bonds is 6. The smallest absolute Gasteiger partial charge is 0.224 e. The molecule has 18 heavy (non-hydrogen) atoms. The first-order valence-corrected chi connectivity index (χ1v) is 6.61. The number of hydrogen-bond acceptors (Lipinski definition) is 3. The molecule has 0 aliphatic rings. The van der Waals surface area contributed by atoms with Crippen LogP contribution in [0.1, 0.15) is 50.6 Å². The molecule has 1 aromatic heterocycles. The molecule has 0 aliphatic carbocycles. The van der Waals surface area contributed by atoms with E-state index in [1.807, 2.05) is 20.8 Å². The predicted octanol–water partition coefficient (Wildman–Crippen LogP) is 2.77. The summed E-state index contributed by atoms with van der Waals surface area (Å²) in [5.74, 6) is 1.45. The number of nitrogens with zero attached hydrogens (tertiary/aromatic N) is 1. The molecule has 1 N–H and O–H groups in total. The van der Waals surface area contributed by atoms with E-state index in [1.165, 1.54) is 0 Å². The number of amides is 1. The van der Waals surface area contributed by atoms with Crippen LogP contribution in [0.15, 0.2) is 4.52 Å². The summed E-state index contributed by atoms with van der Waals surface area (Å²) in [5, 5.41) is 6.87. The van der Waals surface area contributed by atoms with E-state index in [2.05, 4.69) is 24.3 Å². The van der Waals surface area contributed by atoms with Crippen molar-refractivity contribution in [2.24, 2.45) is 5.92 Å². The minimum absolute atomic E-state index is 0.0423. The standard InChI is InChI=1S/C14H24N2O2/c1-9(2)6-7-10(3)15-14(17)8-13-11(4)16-18-12(13)5/h9-10H,6-8H2,1-5H3,(H,15,17). The summed E-state index contributed by atoms with van der Waals surface area (Å²) in [6.07, 6.45) is 2.50. The molecule has 1 unspecified atom stereocenters. The molecule has 0 spiro atoms. The first kappa shape index (κ1) is 14.7. The van der Waals surface area contributed by atoms with Crippen LogP contribution >= 0.6 is 0 Å². The van der Waals surface area contributed by atoms with Crippen LogP contribution in [0.2, 0.25) is 0 Å². The molecule has 0 bridgehead atoms. The fourth-order valence-corrected chi connectivity index (χ4v) is 1.90. The Morgan fingerprint density at radius 3 is 2.44 bits per heavy atom. The Bertz CT molecular complexity index is 377. The lowest BCUT2D eigenvalue weighted by molar-refractivity contribution is -0.121. The highest BCUT2D eigenvalue weighted by molar-refractivity contribution is 5.79. The Morgan fingerprint density at radius 2 is 1.94 bits per heavy atom. The highest BCUT2D eigenvalue weighted by Crippen LogP contribution is 2.13. The van der Waals surface area contributed by atoms with Gasteiger partial charge in [0.1, 0.15) is 5.76 Å². The molecule has 1 atom stereocenters. The van der Waals surface area contributed by atoms with Crippen molar-refractivity contribution in [3.8, 4) is 0 Å². The number of aromatic nitrogens is 1. The molecule has 0 fully saturated rings. The summed E-state index contributed by atoms with van der Waals surface area (Å²) in [5.41, 5.74) is 1.71. The SMILES string of the molecule is Cc1noc(C)c1CC(=O)NC(C)CCC(C)C. The zero-order valence-electron chi connectivity index (χ0n) is 12.0. The van der Waals surface area contributed by atoms with Crippen molar-refractivity contribution < 1.29 is 9.32 Å². The molecule has 1 amide bonds. The second-order valence-electron chi connectivity index (χ2n) is 5.42. The lowest BCUT2D eigenvalue weighted by Crippen LogP contribution is -2.34. The summed E-state index contributed by atoms with van der Waals surface area (Å²) in [4.78, 5) is 11.9. The minimum Gasteiger partial charge on any atom is -0.361 e. The number of hydrogen-bond donors (Lipinski definition) is 1. The van der Waals surface area contributed by atoms with Gasteiger partial charge in [-0.3, -0.25) is 4.79 Å². The molecule has 0 aromatic carbocycles. The van der Waals surface area contributed by atoms with Crippen LogP contribution in [-0.2, 0) is 11.2 Å². The van der Waals surface area contributed by atoms with Crippen molar-refractivity contribution in [3.63, 3.8) is 0 Å². The molecule has 0 radical (unpaired) electrons. The Balaban J connectivity index is 2.42. The van der Waals surface area contributed by atoms with Crippen LogP contribution in [0, 0.1) is 19.8 Å². The lowest BCUT2D eigenvalue weighted by Gasteiger charge is -2.15. The molecule has 1 heterocycles. The lowest BCUT2D eigenvalue weighted by atomic mass is 10.0. The van der Waals surface area contributed by atoms with Crippen molar-refractivity contribution >= 4 is 5.91 Å². The summed E-state index contributed by atoms with van der Waals surface area (Å²) in [7, 11) is 0. The van der Waals surface area contributed by atoms with Crippen molar-refractivity contribution in [2.75, 3.05) is 0 Å². The maximum Gasteiger partial charge on any atom is 0.224 e. The largest absolute Gasteiger partial charge is 0.361 e. The quantitative estimate of drug-likeness (QED) is 0.847. The molecule has 0 saturated heterocycles. The van der Waals surface area contributed by atoms with Crippen LogP contribution in [-0.4, -0.2) is 17.1 Å². The molecule has 0 saturated carbocycles. The maximum absolute atomic E-state index is 11.9. The normalized spacial score (nSPS) is 12.8. The number of aryl methyl sites for hydroxylation is 2. The Morgan fingerprint density at radius 1 is 1.28 bits per heavy atom. The van der Waals surface area contributed by atoms with E-state index >= 15 is 0 Å². The van der Waals surface area contributed by atoms with Crippen molar-refractivity contribution in [1.82, 2.24) is 10.5 Å². The second kappa shape index (κ2) is 6.57.